The minimum absolute atomic E-state index is 0.0140. The second kappa shape index (κ2) is 8.39. The van der Waals surface area contributed by atoms with Crippen molar-refractivity contribution in [1.82, 2.24) is 15.3 Å². The third-order valence-electron chi connectivity index (χ3n) is 3.56. The molecule has 0 unspecified atom stereocenters. The van der Waals surface area contributed by atoms with Crippen LogP contribution < -0.4 is 5.32 Å². The van der Waals surface area contributed by atoms with Gasteiger partial charge in [0.25, 0.3) is 0 Å². The van der Waals surface area contributed by atoms with Gasteiger partial charge in [-0.25, -0.2) is 9.97 Å². The molecule has 2 N–H and O–H groups in total. The maximum absolute atomic E-state index is 12.5. The van der Waals surface area contributed by atoms with Gasteiger partial charge >= 0.3 is 0 Å². The smallest absolute Gasteiger partial charge is 0.246 e. The van der Waals surface area contributed by atoms with E-state index in [1.165, 1.54) is 23.1 Å². The molecule has 0 aliphatic rings. The Hall–Kier alpha value is -2.29. The number of Topliss-reactive ketones (excluding diaryl/α,β-unsaturated/α-hetero) is 1. The van der Waals surface area contributed by atoms with Crippen molar-refractivity contribution in [2.24, 2.45) is 0 Å². The molecule has 0 spiro atoms. The van der Waals surface area contributed by atoms with Crippen LogP contribution in [0, 0.1) is 6.92 Å². The Morgan fingerprint density at radius 2 is 2.00 bits per heavy atom. The topological polar surface area (TPSA) is 92.2 Å². The maximum atomic E-state index is 12.5. The molecule has 0 atom stereocenters. The average molecular weight is 387 g/mol. The van der Waals surface area contributed by atoms with E-state index in [1.807, 2.05) is 37.3 Å². The van der Waals surface area contributed by atoms with Gasteiger partial charge in [0, 0.05) is 10.3 Å². The van der Waals surface area contributed by atoms with Crippen molar-refractivity contribution in [3.63, 3.8) is 0 Å². The van der Waals surface area contributed by atoms with Crippen LogP contribution in [0.15, 0.2) is 41.4 Å². The number of fused-ring (bicyclic) bond motifs is 1. The number of carbonyl (C=O) groups is 2. The lowest BCUT2D eigenvalue weighted by Crippen LogP contribution is -2.25. The van der Waals surface area contributed by atoms with Crippen molar-refractivity contribution >= 4 is 45.7 Å². The first kappa shape index (κ1) is 18.5. The molecular formula is C18H17N3O3S2. The van der Waals surface area contributed by atoms with E-state index in [-0.39, 0.29) is 11.5 Å². The molecular weight excluding hydrogens is 370 g/mol. The van der Waals surface area contributed by atoms with Crippen LogP contribution in [0.4, 0.5) is 0 Å². The predicted molar refractivity (Wildman–Crippen MR) is 103 cm³/mol. The van der Waals surface area contributed by atoms with E-state index in [1.54, 1.807) is 6.07 Å². The summed E-state index contributed by atoms with van der Waals surface area (Å²) in [4.78, 5) is 33.9. The van der Waals surface area contributed by atoms with E-state index >= 15 is 0 Å². The zero-order chi connectivity index (χ0) is 18.5. The van der Waals surface area contributed by atoms with Crippen molar-refractivity contribution in [2.45, 2.75) is 18.5 Å². The second-order valence-corrected chi connectivity index (χ2v) is 7.64. The molecule has 0 saturated heterocycles. The quantitative estimate of drug-likeness (QED) is 0.368. The highest BCUT2D eigenvalue weighted by Gasteiger charge is 2.13. The number of aliphatic hydroxyl groups is 1. The monoisotopic (exact) mass is 387 g/mol. The number of hydrogen-bond acceptors (Lipinski definition) is 7. The Kier molecular flexibility index (Phi) is 5.97. The highest BCUT2D eigenvalue weighted by Crippen LogP contribution is 2.27. The summed E-state index contributed by atoms with van der Waals surface area (Å²) in [6, 6.07) is 11.3. The highest BCUT2D eigenvalue weighted by molar-refractivity contribution is 8.00. The summed E-state index contributed by atoms with van der Waals surface area (Å²) in [6.07, 6.45) is 0. The van der Waals surface area contributed by atoms with Gasteiger partial charge in [-0.05, 0) is 25.1 Å². The number of nitrogens with one attached hydrogen (secondary N) is 1. The molecule has 26 heavy (non-hydrogen) atoms. The van der Waals surface area contributed by atoms with Crippen molar-refractivity contribution in [3.05, 3.63) is 52.0 Å². The lowest BCUT2D eigenvalue weighted by molar-refractivity contribution is -0.123. The SMILES string of the molecule is Cc1nc(SCC(=O)c2ccc(CNC(=O)CO)s2)c2ccccc2n1. The van der Waals surface area contributed by atoms with E-state index in [4.69, 9.17) is 5.11 Å². The number of thiophene rings is 1. The molecule has 134 valence electrons. The Morgan fingerprint density at radius 1 is 1.19 bits per heavy atom. The van der Waals surface area contributed by atoms with E-state index in [0.29, 0.717) is 17.2 Å². The number of nitrogens with zero attached hydrogens (tertiary/aromatic N) is 2. The number of rotatable bonds is 7. The number of hydrogen-bond donors (Lipinski definition) is 2. The maximum Gasteiger partial charge on any atom is 0.246 e. The molecule has 1 aromatic carbocycles. The van der Waals surface area contributed by atoms with Gasteiger partial charge in [-0.15, -0.1) is 11.3 Å². The molecule has 0 saturated carbocycles. The minimum Gasteiger partial charge on any atom is -0.387 e. The molecule has 8 heteroatoms. The molecule has 2 aromatic heterocycles. The summed E-state index contributed by atoms with van der Waals surface area (Å²) in [5.41, 5.74) is 0.869. The Morgan fingerprint density at radius 3 is 2.81 bits per heavy atom. The molecule has 0 radical (unpaired) electrons. The first-order chi connectivity index (χ1) is 12.6. The van der Waals surface area contributed by atoms with Crippen LogP contribution >= 0.6 is 23.1 Å². The summed E-state index contributed by atoms with van der Waals surface area (Å²) in [7, 11) is 0. The lowest BCUT2D eigenvalue weighted by atomic mass is 10.2. The van der Waals surface area contributed by atoms with Gasteiger partial charge in [0.1, 0.15) is 17.5 Å². The van der Waals surface area contributed by atoms with Crippen molar-refractivity contribution in [3.8, 4) is 0 Å². The van der Waals surface area contributed by atoms with E-state index in [2.05, 4.69) is 15.3 Å². The number of carbonyl (C=O) groups excluding carboxylic acids is 2. The third kappa shape index (κ3) is 4.46. The van der Waals surface area contributed by atoms with Gasteiger partial charge in [0.2, 0.25) is 5.91 Å². The summed E-state index contributed by atoms with van der Waals surface area (Å²) in [6.45, 7) is 1.60. The fourth-order valence-electron chi connectivity index (χ4n) is 2.34. The Bertz CT molecular complexity index is 956. The number of benzene rings is 1. The fourth-order valence-corrected chi connectivity index (χ4v) is 4.26. The van der Waals surface area contributed by atoms with Gasteiger partial charge in [-0.2, -0.15) is 0 Å². The number of amides is 1. The molecule has 2 heterocycles. The second-order valence-electron chi connectivity index (χ2n) is 5.51. The number of para-hydroxylation sites is 1. The third-order valence-corrected chi connectivity index (χ3v) is 5.68. The minimum atomic E-state index is -0.542. The first-order valence-electron chi connectivity index (χ1n) is 7.92. The highest BCUT2D eigenvalue weighted by atomic mass is 32.2. The van der Waals surface area contributed by atoms with E-state index < -0.39 is 12.5 Å². The zero-order valence-electron chi connectivity index (χ0n) is 14.1. The summed E-state index contributed by atoms with van der Waals surface area (Å²) < 4.78 is 0. The molecule has 0 aliphatic heterocycles. The normalized spacial score (nSPS) is 10.8. The first-order valence-corrected chi connectivity index (χ1v) is 9.72. The molecule has 0 bridgehead atoms. The van der Waals surface area contributed by atoms with E-state index in [9.17, 15) is 9.59 Å². The molecule has 0 fully saturated rings. The van der Waals surface area contributed by atoms with Gasteiger partial charge in [0.05, 0.1) is 22.7 Å². The summed E-state index contributed by atoms with van der Waals surface area (Å²) >= 11 is 2.74. The summed E-state index contributed by atoms with van der Waals surface area (Å²) in [5, 5.41) is 13.0. The van der Waals surface area contributed by atoms with Crippen LogP contribution in [0.2, 0.25) is 0 Å². The van der Waals surface area contributed by atoms with E-state index in [0.717, 1.165) is 20.8 Å². The lowest BCUT2D eigenvalue weighted by Gasteiger charge is -2.05. The van der Waals surface area contributed by atoms with Crippen molar-refractivity contribution in [2.75, 3.05) is 12.4 Å². The van der Waals surface area contributed by atoms with Crippen molar-refractivity contribution < 1.29 is 14.7 Å². The Labute approximate surface area is 158 Å². The predicted octanol–water partition coefficient (Wildman–Crippen LogP) is 2.58. The van der Waals surface area contributed by atoms with Crippen LogP contribution in [0.25, 0.3) is 10.9 Å². The van der Waals surface area contributed by atoms with Gasteiger partial charge in [-0.3, -0.25) is 9.59 Å². The molecule has 3 rings (SSSR count). The zero-order valence-corrected chi connectivity index (χ0v) is 15.7. The van der Waals surface area contributed by atoms with Crippen LogP contribution in [0.3, 0.4) is 0 Å². The molecule has 3 aromatic rings. The van der Waals surface area contributed by atoms with Crippen LogP contribution in [0.5, 0.6) is 0 Å². The van der Waals surface area contributed by atoms with Gasteiger partial charge < -0.3 is 10.4 Å². The van der Waals surface area contributed by atoms with Crippen molar-refractivity contribution in [1.29, 1.82) is 0 Å². The molecule has 6 nitrogen and oxygen atoms in total. The fraction of sp³-hybridized carbons (Fsp3) is 0.222. The number of aliphatic hydroxyl groups excluding tert-OH is 1. The number of aromatic nitrogens is 2. The molecule has 0 aliphatic carbocycles. The van der Waals surface area contributed by atoms with Gasteiger partial charge in [0.15, 0.2) is 5.78 Å². The van der Waals surface area contributed by atoms with Crippen LogP contribution in [-0.4, -0.2) is 39.1 Å². The largest absolute Gasteiger partial charge is 0.387 e. The average Bonchev–Trinajstić information content (AvgIpc) is 3.12. The Balaban J connectivity index is 1.66. The van der Waals surface area contributed by atoms with Gasteiger partial charge in [-0.1, -0.05) is 30.0 Å². The van der Waals surface area contributed by atoms with Crippen LogP contribution in [0.1, 0.15) is 20.4 Å². The number of aryl methyl sites for hydroxylation is 1. The standard InChI is InChI=1S/C18H17N3O3S2/c1-11-20-14-5-3-2-4-13(14)18(21-11)25-10-15(23)16-7-6-12(26-16)8-19-17(24)9-22/h2-7,22H,8-10H2,1H3,(H,19,24). The number of ketones is 1. The summed E-state index contributed by atoms with van der Waals surface area (Å²) in [5.74, 6) is 0.535. The van der Waals surface area contributed by atoms with Crippen LogP contribution in [-0.2, 0) is 11.3 Å². The molecule has 1 amide bonds. The number of thioether (sulfide) groups is 1.